The van der Waals surface area contributed by atoms with E-state index in [9.17, 15) is 4.79 Å². The fourth-order valence-electron chi connectivity index (χ4n) is 3.44. The summed E-state index contributed by atoms with van der Waals surface area (Å²) >= 11 is 1.58. The van der Waals surface area contributed by atoms with Gasteiger partial charge in [-0.3, -0.25) is 14.3 Å². The molecule has 5 rings (SSSR count). The highest BCUT2D eigenvalue weighted by Crippen LogP contribution is 2.24. The lowest BCUT2D eigenvalue weighted by molar-refractivity contribution is 0.558. The van der Waals surface area contributed by atoms with Crippen molar-refractivity contribution in [1.82, 2.24) is 24.5 Å². The molecule has 0 aliphatic carbocycles. The Kier molecular flexibility index (Phi) is 3.84. The van der Waals surface area contributed by atoms with Gasteiger partial charge in [0.1, 0.15) is 10.5 Å². The summed E-state index contributed by atoms with van der Waals surface area (Å²) in [5, 5.41) is 10.5. The maximum absolute atomic E-state index is 13.2. The fraction of sp³-hybridized carbons (Fsp3) is 0.143. The van der Waals surface area contributed by atoms with Gasteiger partial charge in [0, 0.05) is 22.7 Å². The molecule has 1 atom stereocenters. The number of hydrogen-bond donors (Lipinski definition) is 0. The van der Waals surface area contributed by atoms with Crippen molar-refractivity contribution >= 4 is 33.3 Å². The lowest BCUT2D eigenvalue weighted by atomic mass is 10.1. The van der Waals surface area contributed by atoms with Crippen LogP contribution in [0.5, 0.6) is 0 Å². The number of rotatable bonds is 3. The molecular formula is C21H17N5OS. The summed E-state index contributed by atoms with van der Waals surface area (Å²) in [6.45, 7) is 4.05. The quantitative estimate of drug-likeness (QED) is 0.467. The van der Waals surface area contributed by atoms with Crippen LogP contribution < -0.4 is 5.56 Å². The van der Waals surface area contributed by atoms with Crippen LogP contribution in [-0.2, 0) is 0 Å². The van der Waals surface area contributed by atoms with Crippen LogP contribution in [0.4, 0.5) is 0 Å². The lowest BCUT2D eigenvalue weighted by Gasteiger charge is -2.14. The Balaban J connectivity index is 1.66. The zero-order valence-electron chi connectivity index (χ0n) is 15.4. The molecule has 1 aromatic carbocycles. The number of fused-ring (bicyclic) bond motifs is 2. The van der Waals surface area contributed by atoms with Gasteiger partial charge in [0.25, 0.3) is 5.56 Å². The van der Waals surface area contributed by atoms with Gasteiger partial charge in [-0.25, -0.2) is 4.68 Å². The largest absolute Gasteiger partial charge is 0.283 e. The van der Waals surface area contributed by atoms with Gasteiger partial charge in [0.15, 0.2) is 5.52 Å². The van der Waals surface area contributed by atoms with Gasteiger partial charge in [0.05, 0.1) is 11.6 Å². The highest BCUT2D eigenvalue weighted by Gasteiger charge is 2.18. The first-order valence-corrected chi connectivity index (χ1v) is 9.81. The summed E-state index contributed by atoms with van der Waals surface area (Å²) in [7, 11) is 0. The summed E-state index contributed by atoms with van der Waals surface area (Å²) in [6.07, 6.45) is 3.55. The number of benzene rings is 1. The molecule has 0 aliphatic heterocycles. The normalized spacial score (nSPS) is 12.6. The van der Waals surface area contributed by atoms with E-state index in [1.807, 2.05) is 56.3 Å². The Morgan fingerprint density at radius 3 is 2.79 bits per heavy atom. The second-order valence-corrected chi connectivity index (χ2v) is 8.04. The molecule has 4 aromatic heterocycles. The first-order chi connectivity index (χ1) is 13.6. The summed E-state index contributed by atoms with van der Waals surface area (Å²) in [5.41, 5.74) is 2.99. The molecule has 0 amide bonds. The molecule has 5 aromatic rings. The van der Waals surface area contributed by atoms with E-state index >= 15 is 0 Å². The number of pyridine rings is 2. The Morgan fingerprint density at radius 1 is 1.07 bits per heavy atom. The first-order valence-electron chi connectivity index (χ1n) is 9.00. The standard InChI is InChI=1S/C21H17N5OS/c1-13-5-8-19(28-13)25-11-9-18-20(21(25)27)26(24-23-18)14(2)15-6-7-17-16(12-15)4-3-10-22-17/h3-12,14H,1-2H3. The molecule has 7 heteroatoms. The van der Waals surface area contributed by atoms with Crippen molar-refractivity contribution in [3.05, 3.63) is 81.7 Å². The van der Waals surface area contributed by atoms with Gasteiger partial charge < -0.3 is 0 Å². The van der Waals surface area contributed by atoms with E-state index in [0.717, 1.165) is 26.3 Å². The van der Waals surface area contributed by atoms with Crippen molar-refractivity contribution in [1.29, 1.82) is 0 Å². The van der Waals surface area contributed by atoms with Crippen LogP contribution >= 0.6 is 11.3 Å². The molecule has 0 saturated carbocycles. The molecule has 0 N–H and O–H groups in total. The summed E-state index contributed by atoms with van der Waals surface area (Å²) in [5.74, 6) is 0. The van der Waals surface area contributed by atoms with Crippen molar-refractivity contribution in [3.63, 3.8) is 0 Å². The molecule has 0 fully saturated rings. The van der Waals surface area contributed by atoms with E-state index in [4.69, 9.17) is 0 Å². The van der Waals surface area contributed by atoms with E-state index in [0.29, 0.717) is 11.0 Å². The van der Waals surface area contributed by atoms with Crippen molar-refractivity contribution in [3.8, 4) is 5.00 Å². The topological polar surface area (TPSA) is 65.6 Å². The summed E-state index contributed by atoms with van der Waals surface area (Å²) < 4.78 is 3.38. The molecule has 0 spiro atoms. The molecule has 138 valence electrons. The van der Waals surface area contributed by atoms with Crippen LogP contribution in [0, 0.1) is 6.92 Å². The molecular weight excluding hydrogens is 370 g/mol. The third-order valence-electron chi connectivity index (χ3n) is 4.96. The van der Waals surface area contributed by atoms with Gasteiger partial charge in [-0.1, -0.05) is 17.3 Å². The third-order valence-corrected chi connectivity index (χ3v) is 5.96. The maximum atomic E-state index is 13.2. The van der Waals surface area contributed by atoms with Crippen LogP contribution in [0.2, 0.25) is 0 Å². The van der Waals surface area contributed by atoms with Crippen molar-refractivity contribution in [2.75, 3.05) is 0 Å². The van der Waals surface area contributed by atoms with E-state index in [2.05, 4.69) is 21.4 Å². The SMILES string of the molecule is Cc1ccc(-n2ccc3nnn(C(C)c4ccc5ncccc5c4)c3c2=O)s1. The first kappa shape index (κ1) is 16.8. The molecule has 6 nitrogen and oxygen atoms in total. The Bertz CT molecular complexity index is 1380. The number of aromatic nitrogens is 5. The predicted octanol–water partition coefficient (Wildman–Crippen LogP) is 4.11. The van der Waals surface area contributed by atoms with Crippen molar-refractivity contribution < 1.29 is 0 Å². The van der Waals surface area contributed by atoms with Crippen LogP contribution in [0.1, 0.15) is 23.4 Å². The number of aryl methyl sites for hydroxylation is 1. The van der Waals surface area contributed by atoms with Crippen molar-refractivity contribution in [2.45, 2.75) is 19.9 Å². The molecule has 0 saturated heterocycles. The Hall–Kier alpha value is -3.32. The number of hydrogen-bond acceptors (Lipinski definition) is 5. The van der Waals surface area contributed by atoms with E-state index < -0.39 is 0 Å². The lowest BCUT2D eigenvalue weighted by Crippen LogP contribution is -2.21. The Labute approximate surface area is 164 Å². The summed E-state index contributed by atoms with van der Waals surface area (Å²) in [4.78, 5) is 18.8. The third kappa shape index (κ3) is 2.63. The van der Waals surface area contributed by atoms with Gasteiger partial charge in [0.2, 0.25) is 0 Å². The molecule has 0 bridgehead atoms. The molecule has 0 aliphatic rings. The molecule has 4 heterocycles. The van der Waals surface area contributed by atoms with Crippen LogP contribution in [0.3, 0.4) is 0 Å². The average molecular weight is 387 g/mol. The zero-order valence-corrected chi connectivity index (χ0v) is 16.2. The molecule has 1 unspecified atom stereocenters. The highest BCUT2D eigenvalue weighted by atomic mass is 32.1. The van der Waals surface area contributed by atoms with Gasteiger partial charge in [-0.15, -0.1) is 16.4 Å². The second kappa shape index (κ2) is 6.38. The van der Waals surface area contributed by atoms with Crippen molar-refractivity contribution in [2.24, 2.45) is 0 Å². The van der Waals surface area contributed by atoms with Gasteiger partial charge in [-0.05, 0) is 55.8 Å². The van der Waals surface area contributed by atoms with Gasteiger partial charge >= 0.3 is 0 Å². The molecule has 0 radical (unpaired) electrons. The van der Waals surface area contributed by atoms with Crippen LogP contribution in [0.15, 0.2) is 65.7 Å². The van der Waals surface area contributed by atoms with Gasteiger partial charge in [-0.2, -0.15) is 0 Å². The molecule has 28 heavy (non-hydrogen) atoms. The minimum Gasteiger partial charge on any atom is -0.273 e. The zero-order chi connectivity index (χ0) is 19.3. The average Bonchev–Trinajstić information content (AvgIpc) is 3.34. The van der Waals surface area contributed by atoms with E-state index in [1.165, 1.54) is 0 Å². The monoisotopic (exact) mass is 387 g/mol. The van der Waals surface area contributed by atoms with Crippen LogP contribution in [-0.4, -0.2) is 24.5 Å². The Morgan fingerprint density at radius 2 is 1.96 bits per heavy atom. The maximum Gasteiger partial charge on any atom is 0.283 e. The fourth-order valence-corrected chi connectivity index (χ4v) is 4.29. The van der Waals surface area contributed by atoms with Crippen LogP contribution in [0.25, 0.3) is 26.9 Å². The van der Waals surface area contributed by atoms with E-state index in [-0.39, 0.29) is 11.6 Å². The highest BCUT2D eigenvalue weighted by molar-refractivity contribution is 7.14. The number of nitrogens with zero attached hydrogens (tertiary/aromatic N) is 5. The summed E-state index contributed by atoms with van der Waals surface area (Å²) in [6, 6.07) is 15.7. The second-order valence-electron chi connectivity index (χ2n) is 6.77. The number of thiophene rings is 1. The smallest absolute Gasteiger partial charge is 0.273 e. The minimum atomic E-state index is -0.136. The predicted molar refractivity (Wildman–Crippen MR) is 111 cm³/mol. The van der Waals surface area contributed by atoms with E-state index in [1.54, 1.807) is 33.0 Å². The minimum absolute atomic E-state index is 0.112.